The van der Waals surface area contributed by atoms with Gasteiger partial charge < -0.3 is 9.52 Å². The number of hydrogen-bond donors (Lipinski definition) is 2. The van der Waals surface area contributed by atoms with Crippen LogP contribution in [0.1, 0.15) is 16.9 Å². The molecule has 4 rings (SSSR count). The third-order valence-corrected chi connectivity index (χ3v) is 4.10. The summed E-state index contributed by atoms with van der Waals surface area (Å²) >= 11 is 0. The molecule has 126 valence electrons. The number of aliphatic hydroxyl groups excluding tert-OH is 1. The van der Waals surface area contributed by atoms with Gasteiger partial charge in [0, 0.05) is 11.8 Å². The van der Waals surface area contributed by atoms with Gasteiger partial charge in [0.1, 0.15) is 29.7 Å². The molecule has 2 N–H and O–H groups in total. The Morgan fingerprint density at radius 1 is 1.04 bits per heavy atom. The monoisotopic (exact) mass is 340 g/mol. The molecule has 6 heteroatoms. The first kappa shape index (κ1) is 15.5. The Hall–Kier alpha value is -2.99. The molecule has 4 aromatic rings. The quantitative estimate of drug-likeness (QED) is 0.586. The molecule has 2 aromatic heterocycles. The first-order chi connectivity index (χ1) is 12.2. The van der Waals surface area contributed by atoms with E-state index in [2.05, 4.69) is 10.2 Å². The van der Waals surface area contributed by atoms with Crippen LogP contribution in [0.4, 0.5) is 8.78 Å². The van der Waals surface area contributed by atoms with Gasteiger partial charge in [-0.3, -0.25) is 5.10 Å². The van der Waals surface area contributed by atoms with Crippen LogP contribution in [-0.2, 0) is 13.0 Å². The summed E-state index contributed by atoms with van der Waals surface area (Å²) in [6.07, 6.45) is 0.223. The molecule has 0 bridgehead atoms. The Labute approximate surface area is 141 Å². The summed E-state index contributed by atoms with van der Waals surface area (Å²) in [5.74, 6) is 0.0932. The van der Waals surface area contributed by atoms with E-state index < -0.39 is 5.82 Å². The van der Waals surface area contributed by atoms with Crippen LogP contribution in [0.15, 0.2) is 52.9 Å². The van der Waals surface area contributed by atoms with Crippen LogP contribution in [0, 0.1) is 11.6 Å². The second kappa shape index (κ2) is 6.14. The Kier molecular flexibility index (Phi) is 3.82. The number of aromatic nitrogens is 2. The van der Waals surface area contributed by atoms with E-state index in [0.29, 0.717) is 39.2 Å². The second-order valence-corrected chi connectivity index (χ2v) is 5.75. The maximum Gasteiger partial charge on any atom is 0.155 e. The number of furan rings is 1. The van der Waals surface area contributed by atoms with Crippen LogP contribution in [0.2, 0.25) is 0 Å². The van der Waals surface area contributed by atoms with Gasteiger partial charge in [0.2, 0.25) is 0 Å². The zero-order valence-electron chi connectivity index (χ0n) is 13.1. The number of fused-ring (bicyclic) bond motifs is 1. The minimum Gasteiger partial charge on any atom is -0.457 e. The SMILES string of the molecule is OCc1ccc(-c2n[nH]c3cc(F)cc(Cc4ccccc4F)c23)o1. The molecule has 0 radical (unpaired) electrons. The summed E-state index contributed by atoms with van der Waals surface area (Å²) in [6, 6.07) is 12.5. The lowest BCUT2D eigenvalue weighted by molar-refractivity contribution is 0.248. The van der Waals surface area contributed by atoms with E-state index in [1.54, 1.807) is 30.3 Å². The predicted octanol–water partition coefficient (Wildman–Crippen LogP) is 4.18. The Balaban J connectivity index is 1.88. The van der Waals surface area contributed by atoms with Crippen molar-refractivity contribution in [1.82, 2.24) is 10.2 Å². The largest absolute Gasteiger partial charge is 0.457 e. The zero-order chi connectivity index (χ0) is 17.4. The summed E-state index contributed by atoms with van der Waals surface area (Å²) in [5.41, 5.74) is 2.08. The molecule has 0 atom stereocenters. The van der Waals surface area contributed by atoms with Crippen molar-refractivity contribution in [3.63, 3.8) is 0 Å². The number of halogens is 2. The normalized spacial score (nSPS) is 11.3. The highest BCUT2D eigenvalue weighted by molar-refractivity contribution is 5.94. The van der Waals surface area contributed by atoms with Crippen LogP contribution < -0.4 is 0 Å². The minimum atomic E-state index is -0.426. The number of aromatic amines is 1. The van der Waals surface area contributed by atoms with Gasteiger partial charge in [-0.1, -0.05) is 18.2 Å². The molecular formula is C19H14F2N2O2. The lowest BCUT2D eigenvalue weighted by atomic mass is 9.99. The van der Waals surface area contributed by atoms with Gasteiger partial charge in [0.05, 0.1) is 5.52 Å². The average molecular weight is 340 g/mol. The van der Waals surface area contributed by atoms with Gasteiger partial charge in [-0.2, -0.15) is 5.10 Å². The summed E-state index contributed by atoms with van der Waals surface area (Å²) in [6.45, 7) is -0.223. The number of aliphatic hydroxyl groups is 1. The van der Waals surface area contributed by atoms with Gasteiger partial charge in [-0.15, -0.1) is 0 Å². The fourth-order valence-corrected chi connectivity index (χ4v) is 2.96. The van der Waals surface area contributed by atoms with E-state index in [-0.39, 0.29) is 18.8 Å². The van der Waals surface area contributed by atoms with Gasteiger partial charge >= 0.3 is 0 Å². The van der Waals surface area contributed by atoms with Crippen LogP contribution in [0.5, 0.6) is 0 Å². The van der Waals surface area contributed by atoms with E-state index in [1.807, 2.05) is 0 Å². The van der Waals surface area contributed by atoms with Crippen molar-refractivity contribution < 1.29 is 18.3 Å². The maximum absolute atomic E-state index is 14.0. The molecule has 2 aromatic carbocycles. The third-order valence-electron chi connectivity index (χ3n) is 4.10. The fourth-order valence-electron chi connectivity index (χ4n) is 2.96. The summed E-state index contributed by atoms with van der Waals surface area (Å²) in [4.78, 5) is 0. The summed E-state index contributed by atoms with van der Waals surface area (Å²) in [7, 11) is 0. The van der Waals surface area contributed by atoms with E-state index >= 15 is 0 Å². The number of nitrogens with zero attached hydrogens (tertiary/aromatic N) is 1. The Bertz CT molecular complexity index is 1050. The van der Waals surface area contributed by atoms with Crippen molar-refractivity contribution in [3.05, 3.63) is 77.1 Å². The molecular weight excluding hydrogens is 326 g/mol. The Morgan fingerprint density at radius 2 is 1.88 bits per heavy atom. The lowest BCUT2D eigenvalue weighted by Gasteiger charge is -2.07. The van der Waals surface area contributed by atoms with E-state index in [4.69, 9.17) is 9.52 Å². The topological polar surface area (TPSA) is 62.1 Å². The van der Waals surface area contributed by atoms with Crippen molar-refractivity contribution in [2.45, 2.75) is 13.0 Å². The molecule has 0 unspecified atom stereocenters. The second-order valence-electron chi connectivity index (χ2n) is 5.75. The molecule has 0 aliphatic carbocycles. The molecule has 0 spiro atoms. The van der Waals surface area contributed by atoms with Crippen LogP contribution >= 0.6 is 0 Å². The van der Waals surface area contributed by atoms with Crippen molar-refractivity contribution in [1.29, 1.82) is 0 Å². The average Bonchev–Trinajstić information content (AvgIpc) is 3.23. The maximum atomic E-state index is 14.0. The first-order valence-corrected chi connectivity index (χ1v) is 7.75. The van der Waals surface area contributed by atoms with Gasteiger partial charge in [-0.25, -0.2) is 8.78 Å². The number of H-pyrrole nitrogens is 1. The molecule has 0 amide bonds. The molecule has 2 heterocycles. The zero-order valence-corrected chi connectivity index (χ0v) is 13.1. The first-order valence-electron chi connectivity index (χ1n) is 7.75. The highest BCUT2D eigenvalue weighted by atomic mass is 19.1. The molecule has 25 heavy (non-hydrogen) atoms. The van der Waals surface area contributed by atoms with E-state index in [1.165, 1.54) is 18.2 Å². The van der Waals surface area contributed by atoms with Gasteiger partial charge in [-0.05, 0) is 41.5 Å². The third kappa shape index (κ3) is 2.81. The van der Waals surface area contributed by atoms with Crippen LogP contribution in [0.25, 0.3) is 22.4 Å². The molecule has 0 saturated carbocycles. The molecule has 0 fully saturated rings. The van der Waals surface area contributed by atoms with Crippen molar-refractivity contribution in [3.8, 4) is 11.5 Å². The van der Waals surface area contributed by atoms with Gasteiger partial charge in [0.25, 0.3) is 0 Å². The minimum absolute atomic E-state index is 0.223. The smallest absolute Gasteiger partial charge is 0.155 e. The van der Waals surface area contributed by atoms with Crippen molar-refractivity contribution in [2.75, 3.05) is 0 Å². The van der Waals surface area contributed by atoms with E-state index in [9.17, 15) is 8.78 Å². The Morgan fingerprint density at radius 3 is 2.64 bits per heavy atom. The number of hydrogen-bond acceptors (Lipinski definition) is 3. The fraction of sp³-hybridized carbons (Fsp3) is 0.105. The van der Waals surface area contributed by atoms with E-state index in [0.717, 1.165) is 0 Å². The lowest BCUT2D eigenvalue weighted by Crippen LogP contribution is -1.95. The predicted molar refractivity (Wildman–Crippen MR) is 88.9 cm³/mol. The van der Waals surface area contributed by atoms with Crippen LogP contribution in [0.3, 0.4) is 0 Å². The van der Waals surface area contributed by atoms with Gasteiger partial charge in [0.15, 0.2) is 5.76 Å². The number of benzene rings is 2. The van der Waals surface area contributed by atoms with Crippen molar-refractivity contribution >= 4 is 10.9 Å². The standard InChI is InChI=1S/C19H14F2N2O2/c20-13-8-12(7-11-3-1-2-4-15(11)21)18-16(9-13)22-23-19(18)17-6-5-14(10-24)25-17/h1-6,8-9,24H,7,10H2,(H,22,23). The highest BCUT2D eigenvalue weighted by Gasteiger charge is 2.17. The molecule has 0 saturated heterocycles. The van der Waals surface area contributed by atoms with Crippen LogP contribution in [-0.4, -0.2) is 15.3 Å². The molecule has 4 nitrogen and oxygen atoms in total. The summed E-state index contributed by atoms with van der Waals surface area (Å²) in [5, 5.41) is 16.8. The molecule has 0 aliphatic rings. The number of rotatable bonds is 4. The summed E-state index contributed by atoms with van der Waals surface area (Å²) < 4.78 is 33.5. The molecule has 0 aliphatic heterocycles. The highest BCUT2D eigenvalue weighted by Crippen LogP contribution is 2.32. The van der Waals surface area contributed by atoms with Crippen molar-refractivity contribution in [2.24, 2.45) is 0 Å². The number of nitrogens with one attached hydrogen (secondary N) is 1.